The first-order chi connectivity index (χ1) is 10.4. The quantitative estimate of drug-likeness (QED) is 0.453. The highest BCUT2D eigenvalue weighted by Crippen LogP contribution is 2.34. The van der Waals surface area contributed by atoms with E-state index in [-0.39, 0.29) is 16.1 Å². The topological polar surface area (TPSA) is 41.5 Å². The zero-order valence-corrected chi connectivity index (χ0v) is 13.1. The number of amides is 1. The Morgan fingerprint density at radius 3 is 2.68 bits per heavy atom. The van der Waals surface area contributed by atoms with E-state index in [9.17, 15) is 13.6 Å². The van der Waals surface area contributed by atoms with Gasteiger partial charge in [-0.25, -0.2) is 13.8 Å². The number of benzene rings is 1. The molecular weight excluding hydrogens is 333 g/mol. The van der Waals surface area contributed by atoms with Crippen LogP contribution in [0.3, 0.4) is 0 Å². The zero-order chi connectivity index (χ0) is 16.7. The number of nitrogens with zero attached hydrogens (tertiary/aromatic N) is 1. The van der Waals surface area contributed by atoms with Crippen LogP contribution >= 0.6 is 23.2 Å². The third kappa shape index (κ3) is 4.79. The summed E-state index contributed by atoms with van der Waals surface area (Å²) in [6.07, 6.45) is 4.35. The molecule has 0 saturated heterocycles. The third-order valence-electron chi connectivity index (χ3n) is 2.51. The summed E-state index contributed by atoms with van der Waals surface area (Å²) in [7, 11) is 0. The molecular formula is C15H12Cl2F2N2O. The molecule has 1 aromatic carbocycles. The lowest BCUT2D eigenvalue weighted by Gasteiger charge is -1.99. The van der Waals surface area contributed by atoms with Crippen molar-refractivity contribution in [2.24, 2.45) is 4.99 Å². The SMILES string of the molecule is C/C=C1/C(=O)Nc2cc(Cl)c(F)cc21.C=C(Cl)/N=C\C=C/F. The summed E-state index contributed by atoms with van der Waals surface area (Å²) in [5.74, 6) is -0.731. The molecule has 1 N–H and O–H groups in total. The van der Waals surface area contributed by atoms with Gasteiger partial charge in [0.25, 0.3) is 5.91 Å². The molecule has 3 nitrogen and oxygen atoms in total. The van der Waals surface area contributed by atoms with E-state index in [1.54, 1.807) is 13.0 Å². The Balaban J connectivity index is 0.000000261. The number of hydrogen-bond acceptors (Lipinski definition) is 2. The van der Waals surface area contributed by atoms with Crippen molar-refractivity contribution < 1.29 is 13.6 Å². The lowest BCUT2D eigenvalue weighted by molar-refractivity contribution is -0.110. The Morgan fingerprint density at radius 1 is 1.45 bits per heavy atom. The fourth-order valence-electron chi connectivity index (χ4n) is 1.63. The van der Waals surface area contributed by atoms with E-state index in [1.807, 2.05) is 0 Å². The molecule has 0 aromatic heterocycles. The molecule has 0 spiro atoms. The van der Waals surface area contributed by atoms with Crippen molar-refractivity contribution in [1.29, 1.82) is 0 Å². The van der Waals surface area contributed by atoms with Crippen LogP contribution < -0.4 is 5.32 Å². The normalized spacial score (nSPS) is 15.0. The van der Waals surface area contributed by atoms with E-state index in [1.165, 1.54) is 18.3 Å². The molecule has 0 unspecified atom stereocenters. The molecule has 116 valence electrons. The average molecular weight is 345 g/mol. The van der Waals surface area contributed by atoms with Crippen molar-refractivity contribution in [3.05, 3.63) is 58.8 Å². The van der Waals surface area contributed by atoms with Crippen molar-refractivity contribution in [2.45, 2.75) is 6.92 Å². The summed E-state index contributed by atoms with van der Waals surface area (Å²) in [5, 5.41) is 2.77. The van der Waals surface area contributed by atoms with Crippen molar-refractivity contribution in [1.82, 2.24) is 0 Å². The smallest absolute Gasteiger partial charge is 0.256 e. The number of carbonyl (C=O) groups is 1. The molecule has 0 fully saturated rings. The van der Waals surface area contributed by atoms with E-state index in [2.05, 4.69) is 16.9 Å². The van der Waals surface area contributed by atoms with Crippen LogP contribution in [0.15, 0.2) is 47.3 Å². The minimum Gasteiger partial charge on any atom is -0.321 e. The van der Waals surface area contributed by atoms with Gasteiger partial charge in [-0.1, -0.05) is 35.9 Å². The second-order valence-electron chi connectivity index (χ2n) is 3.94. The molecule has 0 atom stereocenters. The summed E-state index contributed by atoms with van der Waals surface area (Å²) >= 11 is 10.8. The number of aliphatic imine (C=N–C) groups is 1. The predicted molar refractivity (Wildman–Crippen MR) is 87.4 cm³/mol. The van der Waals surface area contributed by atoms with E-state index >= 15 is 0 Å². The first kappa shape index (κ1) is 18.1. The molecule has 2 rings (SSSR count). The molecule has 1 aromatic rings. The number of hydrogen-bond donors (Lipinski definition) is 1. The van der Waals surface area contributed by atoms with Crippen molar-refractivity contribution in [2.75, 3.05) is 5.32 Å². The molecule has 1 aliphatic heterocycles. The number of nitrogens with one attached hydrogen (secondary N) is 1. The highest BCUT2D eigenvalue weighted by atomic mass is 35.5. The van der Waals surface area contributed by atoms with Crippen LogP contribution in [0.5, 0.6) is 0 Å². The number of anilines is 1. The van der Waals surface area contributed by atoms with Gasteiger partial charge in [0.1, 0.15) is 11.0 Å². The van der Waals surface area contributed by atoms with Gasteiger partial charge in [0.15, 0.2) is 0 Å². The van der Waals surface area contributed by atoms with E-state index in [0.29, 0.717) is 23.2 Å². The molecule has 0 saturated carbocycles. The Bertz CT molecular complexity index is 682. The molecule has 0 aliphatic carbocycles. The number of halogens is 4. The van der Waals surface area contributed by atoms with Gasteiger partial charge in [0, 0.05) is 17.4 Å². The number of rotatable bonds is 2. The Hall–Kier alpha value is -1.98. The van der Waals surface area contributed by atoms with E-state index < -0.39 is 5.82 Å². The first-order valence-corrected chi connectivity index (χ1v) is 6.77. The van der Waals surface area contributed by atoms with Crippen LogP contribution in [-0.4, -0.2) is 12.1 Å². The minimum atomic E-state index is -0.513. The van der Waals surface area contributed by atoms with Gasteiger partial charge in [-0.15, -0.1) is 0 Å². The standard InChI is InChI=1S/C10H7ClFNO.C5H5ClFN/c1-2-5-6-3-8(12)7(11)4-9(6)13-10(5)14;1-5(6)8-4-2-3-7/h2-4H,1H3,(H,13,14);2-4H,1H2/b5-2+;3-2-,8-4-. The Labute approximate surface area is 136 Å². The Kier molecular flexibility index (Phi) is 6.95. The van der Waals surface area contributed by atoms with Gasteiger partial charge < -0.3 is 5.32 Å². The van der Waals surface area contributed by atoms with Crippen LogP contribution in [0.1, 0.15) is 12.5 Å². The fraction of sp³-hybridized carbons (Fsp3) is 0.0667. The van der Waals surface area contributed by atoms with Crippen LogP contribution in [-0.2, 0) is 4.79 Å². The number of carbonyl (C=O) groups excluding carboxylic acids is 1. The van der Waals surface area contributed by atoms with Gasteiger partial charge in [0.2, 0.25) is 0 Å². The van der Waals surface area contributed by atoms with Crippen LogP contribution in [0.25, 0.3) is 5.57 Å². The summed E-state index contributed by atoms with van der Waals surface area (Å²) in [6, 6.07) is 2.69. The maximum Gasteiger partial charge on any atom is 0.256 e. The zero-order valence-electron chi connectivity index (χ0n) is 11.5. The monoisotopic (exact) mass is 344 g/mol. The number of allylic oxidation sites excluding steroid dienone is 2. The predicted octanol–water partition coefficient (Wildman–Crippen LogP) is 5.08. The van der Waals surface area contributed by atoms with Gasteiger partial charge in [-0.05, 0) is 25.1 Å². The highest BCUT2D eigenvalue weighted by Gasteiger charge is 2.24. The van der Waals surface area contributed by atoms with Crippen LogP contribution in [0.2, 0.25) is 5.02 Å². The maximum atomic E-state index is 13.1. The van der Waals surface area contributed by atoms with Crippen LogP contribution in [0.4, 0.5) is 14.5 Å². The summed E-state index contributed by atoms with van der Waals surface area (Å²) in [6.45, 7) is 4.97. The van der Waals surface area contributed by atoms with Crippen LogP contribution in [0, 0.1) is 5.82 Å². The molecule has 1 amide bonds. The second kappa shape index (κ2) is 8.46. The van der Waals surface area contributed by atoms with E-state index in [4.69, 9.17) is 23.2 Å². The second-order valence-corrected chi connectivity index (χ2v) is 4.78. The lowest BCUT2D eigenvalue weighted by Crippen LogP contribution is -2.03. The van der Waals surface area contributed by atoms with Gasteiger partial charge in [-0.3, -0.25) is 4.79 Å². The third-order valence-corrected chi connectivity index (χ3v) is 2.89. The van der Waals surface area contributed by atoms with Crippen molar-refractivity contribution >= 4 is 46.6 Å². The van der Waals surface area contributed by atoms with Crippen molar-refractivity contribution in [3.63, 3.8) is 0 Å². The van der Waals surface area contributed by atoms with Gasteiger partial charge in [-0.2, -0.15) is 0 Å². The lowest BCUT2D eigenvalue weighted by atomic mass is 10.1. The van der Waals surface area contributed by atoms with Gasteiger partial charge >= 0.3 is 0 Å². The molecule has 0 radical (unpaired) electrons. The summed E-state index contributed by atoms with van der Waals surface area (Å²) < 4.78 is 24.2. The fourth-order valence-corrected chi connectivity index (χ4v) is 1.85. The minimum absolute atomic E-state index is 0.0152. The molecule has 1 aliphatic rings. The summed E-state index contributed by atoms with van der Waals surface area (Å²) in [5.41, 5.74) is 1.62. The Morgan fingerprint density at radius 2 is 2.14 bits per heavy atom. The molecule has 1 heterocycles. The first-order valence-electron chi connectivity index (χ1n) is 6.01. The van der Waals surface area contributed by atoms with Crippen molar-refractivity contribution in [3.8, 4) is 0 Å². The summed E-state index contributed by atoms with van der Waals surface area (Å²) in [4.78, 5) is 14.8. The van der Waals surface area contributed by atoms with Gasteiger partial charge in [0.05, 0.1) is 17.0 Å². The molecule has 22 heavy (non-hydrogen) atoms. The molecule has 0 bridgehead atoms. The largest absolute Gasteiger partial charge is 0.321 e. The molecule has 7 heteroatoms. The van der Waals surface area contributed by atoms with E-state index in [0.717, 1.165) is 6.08 Å². The number of fused-ring (bicyclic) bond motifs is 1. The maximum absolute atomic E-state index is 13.1. The average Bonchev–Trinajstić information content (AvgIpc) is 2.74. The highest BCUT2D eigenvalue weighted by molar-refractivity contribution is 6.34.